The van der Waals surface area contributed by atoms with E-state index in [1.807, 2.05) is 61.7 Å². The highest BCUT2D eigenvalue weighted by Crippen LogP contribution is 2.40. The molecule has 3 aromatic rings. The molecule has 1 aromatic heterocycles. The summed E-state index contributed by atoms with van der Waals surface area (Å²) in [5.41, 5.74) is 3.54. The number of anilines is 1. The Kier molecular flexibility index (Phi) is 5.76. The number of nitrogens with zero attached hydrogens (tertiary/aromatic N) is 1. The molecule has 5 nitrogen and oxygen atoms in total. The monoisotopic (exact) mass is 382 g/mol. The second-order valence-electron chi connectivity index (χ2n) is 6.30. The molecule has 0 aliphatic carbocycles. The first-order valence-electron chi connectivity index (χ1n) is 8.61. The molecule has 27 heavy (non-hydrogen) atoms. The molecule has 0 saturated heterocycles. The Morgan fingerprint density at radius 3 is 2.44 bits per heavy atom. The summed E-state index contributed by atoms with van der Waals surface area (Å²) >= 11 is 1.55. The van der Waals surface area contributed by atoms with E-state index >= 15 is 0 Å². The van der Waals surface area contributed by atoms with E-state index in [1.54, 1.807) is 25.6 Å². The van der Waals surface area contributed by atoms with Crippen LogP contribution in [0.4, 0.5) is 5.69 Å². The van der Waals surface area contributed by atoms with Crippen molar-refractivity contribution in [3.63, 3.8) is 0 Å². The Morgan fingerprint density at radius 1 is 1.07 bits per heavy atom. The molecule has 0 aliphatic heterocycles. The fourth-order valence-electron chi connectivity index (χ4n) is 2.60. The standard InChI is InChI=1S/C21H22N2O3S/c1-13(2)20(24)22-15-10-8-14(9-11-15)17-12-27-21(23-17)16-6-5-7-18(25-3)19(16)26-4/h5-13H,1-4H3,(H,22,24). The maximum Gasteiger partial charge on any atom is 0.226 e. The normalized spacial score (nSPS) is 10.7. The van der Waals surface area contributed by atoms with Gasteiger partial charge in [0.15, 0.2) is 11.5 Å². The lowest BCUT2D eigenvalue weighted by molar-refractivity contribution is -0.118. The maximum absolute atomic E-state index is 11.8. The average molecular weight is 382 g/mol. The minimum atomic E-state index is -0.0522. The van der Waals surface area contributed by atoms with Gasteiger partial charge in [-0.15, -0.1) is 11.3 Å². The second-order valence-corrected chi connectivity index (χ2v) is 7.16. The Bertz CT molecular complexity index is 933. The molecule has 1 heterocycles. The van der Waals surface area contributed by atoms with Crippen LogP contribution < -0.4 is 14.8 Å². The summed E-state index contributed by atoms with van der Waals surface area (Å²) in [5.74, 6) is 1.30. The van der Waals surface area contributed by atoms with E-state index in [1.165, 1.54) is 0 Å². The summed E-state index contributed by atoms with van der Waals surface area (Å²) in [4.78, 5) is 16.5. The average Bonchev–Trinajstić information content (AvgIpc) is 3.17. The van der Waals surface area contributed by atoms with E-state index in [4.69, 9.17) is 14.5 Å². The SMILES string of the molecule is COc1cccc(-c2nc(-c3ccc(NC(=O)C(C)C)cc3)cs2)c1OC. The first-order valence-corrected chi connectivity index (χ1v) is 9.49. The molecule has 2 aromatic carbocycles. The lowest BCUT2D eigenvalue weighted by Crippen LogP contribution is -2.17. The van der Waals surface area contributed by atoms with Crippen LogP contribution in [-0.4, -0.2) is 25.1 Å². The van der Waals surface area contributed by atoms with E-state index < -0.39 is 0 Å². The number of rotatable bonds is 6. The topological polar surface area (TPSA) is 60.5 Å². The van der Waals surface area contributed by atoms with E-state index in [0.29, 0.717) is 11.5 Å². The van der Waals surface area contributed by atoms with Crippen molar-refractivity contribution in [1.82, 2.24) is 4.98 Å². The van der Waals surface area contributed by atoms with Crippen molar-refractivity contribution in [1.29, 1.82) is 0 Å². The van der Waals surface area contributed by atoms with Crippen molar-refractivity contribution >= 4 is 22.9 Å². The van der Waals surface area contributed by atoms with Gasteiger partial charge in [-0.3, -0.25) is 4.79 Å². The van der Waals surface area contributed by atoms with Gasteiger partial charge in [0, 0.05) is 22.5 Å². The number of carbonyl (C=O) groups is 1. The van der Waals surface area contributed by atoms with Crippen LogP contribution in [0.15, 0.2) is 47.8 Å². The van der Waals surface area contributed by atoms with Crippen LogP contribution in [0.3, 0.4) is 0 Å². The van der Waals surface area contributed by atoms with Crippen molar-refractivity contribution in [2.24, 2.45) is 5.92 Å². The molecule has 0 radical (unpaired) electrons. The van der Waals surface area contributed by atoms with Crippen molar-refractivity contribution in [3.8, 4) is 33.3 Å². The summed E-state index contributed by atoms with van der Waals surface area (Å²) in [7, 11) is 3.24. The molecule has 0 spiro atoms. The smallest absolute Gasteiger partial charge is 0.226 e. The molecule has 0 saturated carbocycles. The molecule has 0 atom stereocenters. The molecule has 3 rings (SSSR count). The Hall–Kier alpha value is -2.86. The van der Waals surface area contributed by atoms with Gasteiger partial charge in [0.1, 0.15) is 5.01 Å². The number of hydrogen-bond donors (Lipinski definition) is 1. The van der Waals surface area contributed by atoms with Gasteiger partial charge in [-0.25, -0.2) is 4.98 Å². The van der Waals surface area contributed by atoms with Gasteiger partial charge in [-0.05, 0) is 24.3 Å². The molecule has 0 aliphatic rings. The first-order chi connectivity index (χ1) is 13.0. The van der Waals surface area contributed by atoms with Gasteiger partial charge < -0.3 is 14.8 Å². The number of amides is 1. The molecule has 6 heteroatoms. The number of nitrogens with one attached hydrogen (secondary N) is 1. The van der Waals surface area contributed by atoms with Gasteiger partial charge in [0.25, 0.3) is 0 Å². The first kappa shape index (κ1) is 18.9. The zero-order valence-corrected chi connectivity index (χ0v) is 16.6. The lowest BCUT2D eigenvalue weighted by Gasteiger charge is -2.10. The molecular weight excluding hydrogens is 360 g/mol. The zero-order chi connectivity index (χ0) is 19.4. The summed E-state index contributed by atoms with van der Waals surface area (Å²) < 4.78 is 10.9. The van der Waals surface area contributed by atoms with Crippen LogP contribution >= 0.6 is 11.3 Å². The van der Waals surface area contributed by atoms with Crippen LogP contribution in [0.5, 0.6) is 11.5 Å². The summed E-state index contributed by atoms with van der Waals surface area (Å²) in [6.45, 7) is 3.74. The fraction of sp³-hybridized carbons (Fsp3) is 0.238. The third-order valence-electron chi connectivity index (χ3n) is 4.11. The van der Waals surface area contributed by atoms with Gasteiger partial charge in [0.05, 0.1) is 25.5 Å². The van der Waals surface area contributed by atoms with E-state index in [-0.39, 0.29) is 11.8 Å². The number of hydrogen-bond acceptors (Lipinski definition) is 5. The maximum atomic E-state index is 11.8. The van der Waals surface area contributed by atoms with Gasteiger partial charge in [0.2, 0.25) is 5.91 Å². The highest BCUT2D eigenvalue weighted by Gasteiger charge is 2.15. The predicted molar refractivity (Wildman–Crippen MR) is 110 cm³/mol. The fourth-order valence-corrected chi connectivity index (χ4v) is 3.45. The third-order valence-corrected chi connectivity index (χ3v) is 4.99. The summed E-state index contributed by atoms with van der Waals surface area (Å²) in [6, 6.07) is 13.4. The molecule has 140 valence electrons. The van der Waals surface area contributed by atoms with Crippen LogP contribution in [0.25, 0.3) is 21.8 Å². The zero-order valence-electron chi connectivity index (χ0n) is 15.8. The van der Waals surface area contributed by atoms with Crippen LogP contribution in [-0.2, 0) is 4.79 Å². The van der Waals surface area contributed by atoms with Gasteiger partial charge in [-0.1, -0.05) is 32.0 Å². The number of ether oxygens (including phenoxy) is 2. The second kappa shape index (κ2) is 8.22. The predicted octanol–water partition coefficient (Wildman–Crippen LogP) is 5.09. The Labute approximate surface area is 163 Å². The molecule has 1 amide bonds. The summed E-state index contributed by atoms with van der Waals surface area (Å²) in [5, 5.41) is 5.76. The number of methoxy groups -OCH3 is 2. The van der Waals surface area contributed by atoms with Crippen LogP contribution in [0, 0.1) is 5.92 Å². The van der Waals surface area contributed by atoms with E-state index in [2.05, 4.69) is 5.32 Å². The number of thiazole rings is 1. The minimum Gasteiger partial charge on any atom is -0.493 e. The van der Waals surface area contributed by atoms with E-state index in [0.717, 1.165) is 27.5 Å². The number of para-hydroxylation sites is 1. The van der Waals surface area contributed by atoms with Crippen molar-refractivity contribution in [2.75, 3.05) is 19.5 Å². The number of aromatic nitrogens is 1. The highest BCUT2D eigenvalue weighted by atomic mass is 32.1. The summed E-state index contributed by atoms with van der Waals surface area (Å²) in [6.07, 6.45) is 0. The van der Waals surface area contributed by atoms with Crippen molar-refractivity contribution < 1.29 is 14.3 Å². The largest absolute Gasteiger partial charge is 0.493 e. The van der Waals surface area contributed by atoms with Gasteiger partial charge in [-0.2, -0.15) is 0 Å². The highest BCUT2D eigenvalue weighted by molar-refractivity contribution is 7.13. The molecule has 1 N–H and O–H groups in total. The van der Waals surface area contributed by atoms with Crippen molar-refractivity contribution in [3.05, 3.63) is 47.8 Å². The molecule has 0 bridgehead atoms. The number of benzene rings is 2. The van der Waals surface area contributed by atoms with Crippen molar-refractivity contribution in [2.45, 2.75) is 13.8 Å². The van der Waals surface area contributed by atoms with Gasteiger partial charge >= 0.3 is 0 Å². The van der Waals surface area contributed by atoms with E-state index in [9.17, 15) is 4.79 Å². The minimum absolute atomic E-state index is 0.00353. The Balaban J connectivity index is 1.85. The third kappa shape index (κ3) is 4.11. The molecule has 0 unspecified atom stereocenters. The van der Waals surface area contributed by atoms with Crippen LogP contribution in [0.2, 0.25) is 0 Å². The lowest BCUT2D eigenvalue weighted by atomic mass is 10.1. The van der Waals surface area contributed by atoms with Crippen LogP contribution in [0.1, 0.15) is 13.8 Å². The molecular formula is C21H22N2O3S. The number of carbonyl (C=O) groups excluding carboxylic acids is 1. The molecule has 0 fully saturated rings. The quantitative estimate of drug-likeness (QED) is 0.645. The Morgan fingerprint density at radius 2 is 1.81 bits per heavy atom.